The van der Waals surface area contributed by atoms with Crippen molar-refractivity contribution in [3.8, 4) is 0 Å². The van der Waals surface area contributed by atoms with E-state index in [1.165, 1.54) is 6.33 Å². The summed E-state index contributed by atoms with van der Waals surface area (Å²) in [6.45, 7) is 3.52. The molecule has 2 heterocycles. The molecule has 28 heavy (non-hydrogen) atoms. The van der Waals surface area contributed by atoms with Gasteiger partial charge in [0.15, 0.2) is 0 Å². The molecule has 9 nitrogen and oxygen atoms in total. The molecule has 1 fully saturated rings. The van der Waals surface area contributed by atoms with E-state index in [4.69, 9.17) is 4.74 Å². The zero-order valence-corrected chi connectivity index (χ0v) is 15.8. The SMILES string of the molecule is CCOC(=O)c1ccc(Nc2ncnc(N3CCCCCC3)c2[N+](=O)[O-])cc1. The highest BCUT2D eigenvalue weighted by molar-refractivity contribution is 5.90. The van der Waals surface area contributed by atoms with E-state index in [-0.39, 0.29) is 11.5 Å². The van der Waals surface area contributed by atoms with Crippen molar-refractivity contribution < 1.29 is 14.5 Å². The van der Waals surface area contributed by atoms with Gasteiger partial charge in [-0.3, -0.25) is 10.1 Å². The molecule has 3 rings (SSSR count). The van der Waals surface area contributed by atoms with Crippen LogP contribution in [0.1, 0.15) is 43.0 Å². The summed E-state index contributed by atoms with van der Waals surface area (Å²) in [4.78, 5) is 33.3. The predicted octanol–water partition coefficient (Wildman–Crippen LogP) is 3.69. The zero-order valence-electron chi connectivity index (χ0n) is 15.8. The van der Waals surface area contributed by atoms with Gasteiger partial charge in [-0.15, -0.1) is 0 Å². The number of nitrogens with zero attached hydrogens (tertiary/aromatic N) is 4. The van der Waals surface area contributed by atoms with Crippen molar-refractivity contribution in [1.29, 1.82) is 0 Å². The number of hydrogen-bond donors (Lipinski definition) is 1. The maximum Gasteiger partial charge on any atom is 0.353 e. The summed E-state index contributed by atoms with van der Waals surface area (Å²) in [5, 5.41) is 14.7. The van der Waals surface area contributed by atoms with E-state index in [9.17, 15) is 14.9 Å². The Balaban J connectivity index is 1.86. The molecule has 0 saturated carbocycles. The van der Waals surface area contributed by atoms with E-state index < -0.39 is 10.9 Å². The van der Waals surface area contributed by atoms with Crippen LogP contribution in [-0.4, -0.2) is 40.6 Å². The molecule has 0 atom stereocenters. The zero-order chi connectivity index (χ0) is 19.9. The molecule has 0 spiro atoms. The molecule has 1 aliphatic heterocycles. The van der Waals surface area contributed by atoms with Crippen molar-refractivity contribution in [3.05, 3.63) is 46.3 Å². The van der Waals surface area contributed by atoms with Crippen LogP contribution in [0.3, 0.4) is 0 Å². The number of hydrogen-bond acceptors (Lipinski definition) is 8. The van der Waals surface area contributed by atoms with Gasteiger partial charge < -0.3 is 15.0 Å². The quantitative estimate of drug-likeness (QED) is 0.455. The summed E-state index contributed by atoms with van der Waals surface area (Å²) < 4.78 is 4.95. The second-order valence-electron chi connectivity index (χ2n) is 6.48. The second kappa shape index (κ2) is 9.12. The number of carbonyl (C=O) groups is 1. The number of carbonyl (C=O) groups excluding carboxylic acids is 1. The number of ether oxygens (including phenoxy) is 1. The lowest BCUT2D eigenvalue weighted by molar-refractivity contribution is -0.383. The van der Waals surface area contributed by atoms with Gasteiger partial charge in [-0.2, -0.15) is 0 Å². The highest BCUT2D eigenvalue weighted by Gasteiger charge is 2.27. The molecule has 1 saturated heterocycles. The van der Waals surface area contributed by atoms with Crippen LogP contribution < -0.4 is 10.2 Å². The third-order valence-corrected chi connectivity index (χ3v) is 4.55. The molecule has 9 heteroatoms. The monoisotopic (exact) mass is 385 g/mol. The molecule has 0 amide bonds. The summed E-state index contributed by atoms with van der Waals surface area (Å²) in [5.74, 6) is 0.0567. The first-order valence-electron chi connectivity index (χ1n) is 9.38. The van der Waals surface area contributed by atoms with Gasteiger partial charge in [-0.05, 0) is 44.0 Å². The van der Waals surface area contributed by atoms with Crippen molar-refractivity contribution in [3.63, 3.8) is 0 Å². The third-order valence-electron chi connectivity index (χ3n) is 4.55. The number of aromatic nitrogens is 2. The molecule has 148 valence electrons. The average Bonchev–Trinajstić information content (AvgIpc) is 2.98. The summed E-state index contributed by atoms with van der Waals surface area (Å²) in [7, 11) is 0. The summed E-state index contributed by atoms with van der Waals surface area (Å²) in [5.41, 5.74) is 0.852. The number of nitrogens with one attached hydrogen (secondary N) is 1. The maximum absolute atomic E-state index is 11.8. The van der Waals surface area contributed by atoms with Gasteiger partial charge in [0, 0.05) is 18.8 Å². The Bertz CT molecular complexity index is 833. The van der Waals surface area contributed by atoms with Crippen LogP contribution in [0.5, 0.6) is 0 Å². The van der Waals surface area contributed by atoms with Crippen LogP contribution in [0.2, 0.25) is 0 Å². The highest BCUT2D eigenvalue weighted by Crippen LogP contribution is 2.34. The molecule has 1 aliphatic rings. The smallest absolute Gasteiger partial charge is 0.353 e. The van der Waals surface area contributed by atoms with Crippen molar-refractivity contribution in [2.75, 3.05) is 29.9 Å². The first kappa shape index (κ1) is 19.5. The average molecular weight is 385 g/mol. The summed E-state index contributed by atoms with van der Waals surface area (Å²) in [6.07, 6.45) is 5.54. The minimum atomic E-state index is -0.449. The van der Waals surface area contributed by atoms with E-state index in [1.54, 1.807) is 31.2 Å². The molecule has 1 N–H and O–H groups in total. The Morgan fingerprint density at radius 3 is 2.46 bits per heavy atom. The van der Waals surface area contributed by atoms with Crippen LogP contribution in [-0.2, 0) is 4.74 Å². The van der Waals surface area contributed by atoms with Crippen molar-refractivity contribution in [2.24, 2.45) is 0 Å². The Hall–Kier alpha value is -3.23. The van der Waals surface area contributed by atoms with Crippen LogP contribution in [0.25, 0.3) is 0 Å². The third kappa shape index (κ3) is 4.54. The van der Waals surface area contributed by atoms with Crippen LogP contribution in [0.4, 0.5) is 23.0 Å². The molecule has 0 aliphatic carbocycles. The van der Waals surface area contributed by atoms with E-state index >= 15 is 0 Å². The fourth-order valence-electron chi connectivity index (χ4n) is 3.18. The van der Waals surface area contributed by atoms with Gasteiger partial charge >= 0.3 is 11.7 Å². The lowest BCUT2D eigenvalue weighted by Gasteiger charge is -2.21. The van der Waals surface area contributed by atoms with Crippen molar-refractivity contribution in [2.45, 2.75) is 32.6 Å². The predicted molar refractivity (Wildman–Crippen MR) is 105 cm³/mol. The van der Waals surface area contributed by atoms with Crippen LogP contribution in [0.15, 0.2) is 30.6 Å². The normalized spacial score (nSPS) is 14.2. The van der Waals surface area contributed by atoms with Gasteiger partial charge in [0.1, 0.15) is 6.33 Å². The Labute approximate surface area is 162 Å². The molecular formula is C19H23N5O4. The Morgan fingerprint density at radius 1 is 1.18 bits per heavy atom. The van der Waals surface area contributed by atoms with E-state index in [0.29, 0.717) is 23.7 Å². The van der Waals surface area contributed by atoms with Gasteiger partial charge in [-0.25, -0.2) is 14.8 Å². The van der Waals surface area contributed by atoms with Gasteiger partial charge in [0.2, 0.25) is 11.6 Å². The van der Waals surface area contributed by atoms with E-state index in [0.717, 1.165) is 38.8 Å². The molecule has 2 aromatic rings. The molecule has 0 bridgehead atoms. The highest BCUT2D eigenvalue weighted by atomic mass is 16.6. The molecule has 0 radical (unpaired) electrons. The number of anilines is 3. The molecule has 1 aromatic heterocycles. The van der Waals surface area contributed by atoms with Crippen LogP contribution in [0, 0.1) is 10.1 Å². The first-order valence-corrected chi connectivity index (χ1v) is 9.38. The maximum atomic E-state index is 11.8. The summed E-state index contributed by atoms with van der Waals surface area (Å²) >= 11 is 0. The molecular weight excluding hydrogens is 362 g/mol. The van der Waals surface area contributed by atoms with Crippen molar-refractivity contribution >= 4 is 29.0 Å². The Kier molecular flexibility index (Phi) is 6.36. The second-order valence-corrected chi connectivity index (χ2v) is 6.48. The van der Waals surface area contributed by atoms with Crippen LogP contribution >= 0.6 is 0 Å². The first-order chi connectivity index (χ1) is 13.6. The number of esters is 1. The molecule has 0 unspecified atom stereocenters. The fraction of sp³-hybridized carbons (Fsp3) is 0.421. The lowest BCUT2D eigenvalue weighted by atomic mass is 10.2. The number of benzene rings is 1. The van der Waals surface area contributed by atoms with Gasteiger partial charge in [0.05, 0.1) is 17.1 Å². The Morgan fingerprint density at radius 2 is 1.86 bits per heavy atom. The minimum Gasteiger partial charge on any atom is -0.462 e. The minimum absolute atomic E-state index is 0.128. The van der Waals surface area contributed by atoms with E-state index in [2.05, 4.69) is 15.3 Å². The largest absolute Gasteiger partial charge is 0.462 e. The number of rotatable bonds is 6. The molecule has 1 aromatic carbocycles. The number of nitro groups is 1. The van der Waals surface area contributed by atoms with Gasteiger partial charge in [-0.1, -0.05) is 12.8 Å². The standard InChI is InChI=1S/C19H23N5O4/c1-2-28-19(25)14-7-9-15(10-8-14)22-17-16(24(26)27)18(21-13-20-17)23-11-5-3-4-6-12-23/h7-10,13H,2-6,11-12H2,1H3,(H,20,21,22). The fourth-order valence-corrected chi connectivity index (χ4v) is 3.18. The van der Waals surface area contributed by atoms with Gasteiger partial charge in [0.25, 0.3) is 0 Å². The summed E-state index contributed by atoms with van der Waals surface area (Å²) in [6, 6.07) is 6.51. The topological polar surface area (TPSA) is 110 Å². The van der Waals surface area contributed by atoms with E-state index in [1.807, 2.05) is 4.90 Å². The van der Waals surface area contributed by atoms with Crippen molar-refractivity contribution in [1.82, 2.24) is 9.97 Å². The lowest BCUT2D eigenvalue weighted by Crippen LogP contribution is -2.26.